The lowest BCUT2D eigenvalue weighted by atomic mass is 10.1. The summed E-state index contributed by atoms with van der Waals surface area (Å²) in [5, 5.41) is 3.14. The summed E-state index contributed by atoms with van der Waals surface area (Å²) in [6.45, 7) is 1.80. The number of likely N-dealkylation sites (N-methyl/N-ethyl adjacent to an activating group) is 2. The second-order valence-electron chi connectivity index (χ2n) is 4.17. The predicted molar refractivity (Wildman–Crippen MR) is 64.6 cm³/mol. The molecular formula is C10H20ClN3O2. The molecule has 16 heavy (non-hydrogen) atoms. The fourth-order valence-corrected chi connectivity index (χ4v) is 1.60. The number of rotatable bonds is 3. The molecule has 6 heteroatoms. The molecule has 0 saturated carbocycles. The lowest BCUT2D eigenvalue weighted by Crippen LogP contribution is -2.41. The average Bonchev–Trinajstić information content (AvgIpc) is 2.68. The second kappa shape index (κ2) is 6.70. The quantitative estimate of drug-likeness (QED) is 0.738. The van der Waals surface area contributed by atoms with Crippen LogP contribution in [0.2, 0.25) is 0 Å². The van der Waals surface area contributed by atoms with E-state index in [1.165, 1.54) is 9.80 Å². The van der Waals surface area contributed by atoms with E-state index in [9.17, 15) is 9.59 Å². The number of amides is 2. The van der Waals surface area contributed by atoms with Crippen LogP contribution in [0.1, 0.15) is 6.42 Å². The Hall–Kier alpha value is -0.810. The molecule has 0 spiro atoms. The molecule has 1 fully saturated rings. The zero-order valence-corrected chi connectivity index (χ0v) is 10.8. The van der Waals surface area contributed by atoms with Gasteiger partial charge in [0.25, 0.3) is 0 Å². The number of carbonyl (C=O) groups excluding carboxylic acids is 2. The smallest absolute Gasteiger partial charge is 0.241 e. The van der Waals surface area contributed by atoms with Crippen LogP contribution in [0, 0.1) is 5.92 Å². The van der Waals surface area contributed by atoms with Crippen LogP contribution in [0.5, 0.6) is 0 Å². The number of hydrogen-bond acceptors (Lipinski definition) is 3. The maximum Gasteiger partial charge on any atom is 0.241 e. The summed E-state index contributed by atoms with van der Waals surface area (Å²) in [6, 6.07) is 0. The van der Waals surface area contributed by atoms with Crippen LogP contribution in [0.25, 0.3) is 0 Å². The maximum atomic E-state index is 11.8. The van der Waals surface area contributed by atoms with Gasteiger partial charge in [0, 0.05) is 27.7 Å². The highest BCUT2D eigenvalue weighted by atomic mass is 35.5. The van der Waals surface area contributed by atoms with Gasteiger partial charge in [-0.05, 0) is 13.0 Å². The second-order valence-corrected chi connectivity index (χ2v) is 4.17. The monoisotopic (exact) mass is 249 g/mol. The first-order chi connectivity index (χ1) is 7.02. The van der Waals surface area contributed by atoms with Crippen molar-refractivity contribution in [3.63, 3.8) is 0 Å². The number of carbonyl (C=O) groups is 2. The van der Waals surface area contributed by atoms with Gasteiger partial charge in [-0.25, -0.2) is 0 Å². The van der Waals surface area contributed by atoms with Crippen molar-refractivity contribution in [3.05, 3.63) is 0 Å². The zero-order chi connectivity index (χ0) is 11.4. The molecule has 0 aliphatic carbocycles. The van der Waals surface area contributed by atoms with E-state index >= 15 is 0 Å². The lowest BCUT2D eigenvalue weighted by Gasteiger charge is -2.21. The number of nitrogens with one attached hydrogen (secondary N) is 1. The molecular weight excluding hydrogens is 230 g/mol. The predicted octanol–water partition coefficient (Wildman–Crippen LogP) is -0.436. The van der Waals surface area contributed by atoms with Crippen molar-refractivity contribution < 1.29 is 9.59 Å². The standard InChI is InChI=1S/C10H19N3O2.ClH/c1-12(2)9(14)7-13(3)10(15)8-4-5-11-6-8;/h8,11H,4-7H2,1-3H3;1H/t8-;/m1./s1. The minimum atomic E-state index is -0.0446. The third-order valence-electron chi connectivity index (χ3n) is 2.66. The van der Waals surface area contributed by atoms with Gasteiger partial charge in [-0.15, -0.1) is 12.4 Å². The number of nitrogens with zero attached hydrogens (tertiary/aromatic N) is 2. The Balaban J connectivity index is 0.00000225. The van der Waals surface area contributed by atoms with Gasteiger partial charge in [0.05, 0.1) is 12.5 Å². The average molecular weight is 250 g/mol. The molecule has 1 aliphatic rings. The number of halogens is 1. The summed E-state index contributed by atoms with van der Waals surface area (Å²) in [5.41, 5.74) is 0. The Bertz CT molecular complexity index is 252. The summed E-state index contributed by atoms with van der Waals surface area (Å²) >= 11 is 0. The van der Waals surface area contributed by atoms with Gasteiger partial charge in [-0.3, -0.25) is 9.59 Å². The van der Waals surface area contributed by atoms with E-state index < -0.39 is 0 Å². The van der Waals surface area contributed by atoms with E-state index in [-0.39, 0.29) is 36.7 Å². The highest BCUT2D eigenvalue weighted by Gasteiger charge is 2.26. The number of hydrogen-bond donors (Lipinski definition) is 1. The molecule has 5 nitrogen and oxygen atoms in total. The van der Waals surface area contributed by atoms with Crippen LogP contribution < -0.4 is 5.32 Å². The molecule has 1 saturated heterocycles. The normalized spacial score (nSPS) is 18.8. The van der Waals surface area contributed by atoms with Crippen molar-refractivity contribution in [1.29, 1.82) is 0 Å². The van der Waals surface area contributed by atoms with E-state index in [2.05, 4.69) is 5.32 Å². The Labute approximate surface area is 103 Å². The SMILES string of the molecule is CN(C)C(=O)CN(C)C(=O)[C@@H]1CCNC1.Cl. The van der Waals surface area contributed by atoms with E-state index in [0.717, 1.165) is 19.5 Å². The Morgan fingerprint density at radius 2 is 1.94 bits per heavy atom. The van der Waals surface area contributed by atoms with Gasteiger partial charge in [-0.2, -0.15) is 0 Å². The van der Waals surface area contributed by atoms with Crippen molar-refractivity contribution >= 4 is 24.2 Å². The molecule has 1 rings (SSSR count). The summed E-state index contributed by atoms with van der Waals surface area (Å²) in [7, 11) is 5.07. The molecule has 1 atom stereocenters. The van der Waals surface area contributed by atoms with Crippen LogP contribution in [-0.4, -0.2) is 62.4 Å². The fraction of sp³-hybridized carbons (Fsp3) is 0.800. The van der Waals surface area contributed by atoms with Gasteiger partial charge in [-0.1, -0.05) is 0 Å². The van der Waals surface area contributed by atoms with Crippen LogP contribution in [0.3, 0.4) is 0 Å². The fourth-order valence-electron chi connectivity index (χ4n) is 1.60. The molecule has 1 aliphatic heterocycles. The highest BCUT2D eigenvalue weighted by molar-refractivity contribution is 5.86. The molecule has 0 aromatic heterocycles. The lowest BCUT2D eigenvalue weighted by molar-refractivity contribution is -0.140. The largest absolute Gasteiger partial charge is 0.347 e. The minimum Gasteiger partial charge on any atom is -0.347 e. The van der Waals surface area contributed by atoms with Crippen molar-refractivity contribution in [2.24, 2.45) is 5.92 Å². The molecule has 0 bridgehead atoms. The van der Waals surface area contributed by atoms with Crippen molar-refractivity contribution in [2.75, 3.05) is 40.8 Å². The first-order valence-corrected chi connectivity index (χ1v) is 5.18. The molecule has 94 valence electrons. The van der Waals surface area contributed by atoms with E-state index in [0.29, 0.717) is 0 Å². The molecule has 1 N–H and O–H groups in total. The van der Waals surface area contributed by atoms with E-state index in [4.69, 9.17) is 0 Å². The Kier molecular flexibility index (Phi) is 6.36. The molecule has 0 aromatic carbocycles. The Morgan fingerprint density at radius 1 is 1.31 bits per heavy atom. The summed E-state index contributed by atoms with van der Waals surface area (Å²) in [4.78, 5) is 26.2. The van der Waals surface area contributed by atoms with Crippen LogP contribution in [0.4, 0.5) is 0 Å². The third kappa shape index (κ3) is 3.98. The summed E-state index contributed by atoms with van der Waals surface area (Å²) in [5.74, 6) is 0.0666. The topological polar surface area (TPSA) is 52.7 Å². The van der Waals surface area contributed by atoms with Crippen LogP contribution >= 0.6 is 12.4 Å². The third-order valence-corrected chi connectivity index (χ3v) is 2.66. The maximum absolute atomic E-state index is 11.8. The first-order valence-electron chi connectivity index (χ1n) is 5.18. The van der Waals surface area contributed by atoms with E-state index in [1.54, 1.807) is 21.1 Å². The molecule has 2 amide bonds. The molecule has 0 radical (unpaired) electrons. The van der Waals surface area contributed by atoms with Gasteiger partial charge in [0.15, 0.2) is 0 Å². The van der Waals surface area contributed by atoms with Gasteiger partial charge < -0.3 is 15.1 Å². The van der Waals surface area contributed by atoms with Crippen molar-refractivity contribution in [2.45, 2.75) is 6.42 Å². The van der Waals surface area contributed by atoms with Crippen LogP contribution in [0.15, 0.2) is 0 Å². The van der Waals surface area contributed by atoms with Crippen molar-refractivity contribution in [1.82, 2.24) is 15.1 Å². The van der Waals surface area contributed by atoms with E-state index in [1.807, 2.05) is 0 Å². The summed E-state index contributed by atoms with van der Waals surface area (Å²) in [6.07, 6.45) is 0.874. The molecule has 0 aromatic rings. The Morgan fingerprint density at radius 3 is 2.38 bits per heavy atom. The molecule has 1 heterocycles. The van der Waals surface area contributed by atoms with Gasteiger partial charge in [0.2, 0.25) is 11.8 Å². The zero-order valence-electron chi connectivity index (χ0n) is 10.0. The highest BCUT2D eigenvalue weighted by Crippen LogP contribution is 2.10. The van der Waals surface area contributed by atoms with Crippen LogP contribution in [-0.2, 0) is 9.59 Å². The minimum absolute atomic E-state index is 0. The molecule has 0 unspecified atom stereocenters. The summed E-state index contributed by atoms with van der Waals surface area (Å²) < 4.78 is 0. The van der Waals surface area contributed by atoms with Gasteiger partial charge >= 0.3 is 0 Å². The van der Waals surface area contributed by atoms with Gasteiger partial charge in [0.1, 0.15) is 0 Å². The van der Waals surface area contributed by atoms with Crippen molar-refractivity contribution in [3.8, 4) is 0 Å². The first kappa shape index (κ1) is 15.2.